The fourth-order valence-electron chi connectivity index (χ4n) is 2.13. The maximum atomic E-state index is 4.80. The second-order valence-electron chi connectivity index (χ2n) is 5.97. The van der Waals surface area contributed by atoms with Crippen molar-refractivity contribution in [2.24, 2.45) is 0 Å². The summed E-state index contributed by atoms with van der Waals surface area (Å²) in [5.41, 5.74) is 4.95. The van der Waals surface area contributed by atoms with E-state index in [4.69, 9.17) is 4.98 Å². The van der Waals surface area contributed by atoms with Crippen molar-refractivity contribution >= 4 is 10.9 Å². The van der Waals surface area contributed by atoms with Gasteiger partial charge in [0.15, 0.2) is 0 Å². The molecule has 0 saturated carbocycles. The second-order valence-corrected chi connectivity index (χ2v) is 5.97. The van der Waals surface area contributed by atoms with Crippen molar-refractivity contribution in [3.05, 3.63) is 41.1 Å². The van der Waals surface area contributed by atoms with E-state index in [1.807, 2.05) is 7.05 Å². The maximum absolute atomic E-state index is 4.80. The Kier molecular flexibility index (Phi) is 3.40. The highest BCUT2D eigenvalue weighted by molar-refractivity contribution is 5.83. The predicted octanol–water partition coefficient (Wildman–Crippen LogP) is 3.56. The van der Waals surface area contributed by atoms with Crippen molar-refractivity contribution in [1.29, 1.82) is 0 Å². The van der Waals surface area contributed by atoms with Crippen molar-refractivity contribution in [2.75, 3.05) is 7.05 Å². The highest BCUT2D eigenvalue weighted by atomic mass is 14.8. The van der Waals surface area contributed by atoms with Gasteiger partial charge in [-0.05, 0) is 37.7 Å². The molecule has 18 heavy (non-hydrogen) atoms. The van der Waals surface area contributed by atoms with Gasteiger partial charge in [0.1, 0.15) is 0 Å². The Morgan fingerprint density at radius 2 is 1.89 bits per heavy atom. The summed E-state index contributed by atoms with van der Waals surface area (Å²) in [6.07, 6.45) is 0. The molecule has 0 atom stereocenters. The van der Waals surface area contributed by atoms with Crippen LogP contribution < -0.4 is 5.32 Å². The molecule has 2 heteroatoms. The average Bonchev–Trinajstić information content (AvgIpc) is 2.28. The second kappa shape index (κ2) is 4.69. The van der Waals surface area contributed by atoms with E-state index in [2.05, 4.69) is 57.3 Å². The lowest BCUT2D eigenvalue weighted by Gasteiger charge is -2.20. The molecule has 0 unspecified atom stereocenters. The molecule has 2 rings (SSSR count). The molecule has 0 saturated heterocycles. The Morgan fingerprint density at radius 1 is 1.17 bits per heavy atom. The highest BCUT2D eigenvalue weighted by Crippen LogP contribution is 2.26. The molecule has 1 aromatic heterocycles. The third-order valence-corrected chi connectivity index (χ3v) is 3.19. The number of rotatable bonds is 2. The van der Waals surface area contributed by atoms with Crippen LogP contribution in [0.2, 0.25) is 0 Å². The summed E-state index contributed by atoms with van der Waals surface area (Å²) in [5.74, 6) is 0. The first-order valence-electron chi connectivity index (χ1n) is 6.47. The third-order valence-electron chi connectivity index (χ3n) is 3.19. The fourth-order valence-corrected chi connectivity index (χ4v) is 2.13. The predicted molar refractivity (Wildman–Crippen MR) is 77.9 cm³/mol. The SMILES string of the molecule is CNCc1cc(C(C)(C)C)nc2ccc(C)cc12. The van der Waals surface area contributed by atoms with Crippen molar-refractivity contribution in [2.45, 2.75) is 39.7 Å². The zero-order valence-electron chi connectivity index (χ0n) is 12.0. The lowest BCUT2D eigenvalue weighted by molar-refractivity contribution is 0.570. The molecular formula is C16H22N2. The molecule has 2 nitrogen and oxygen atoms in total. The van der Waals surface area contributed by atoms with Crippen LogP contribution in [-0.4, -0.2) is 12.0 Å². The van der Waals surface area contributed by atoms with Crippen molar-refractivity contribution in [3.63, 3.8) is 0 Å². The van der Waals surface area contributed by atoms with E-state index >= 15 is 0 Å². The fraction of sp³-hybridized carbons (Fsp3) is 0.438. The van der Waals surface area contributed by atoms with Crippen LogP contribution >= 0.6 is 0 Å². The number of pyridine rings is 1. The number of hydrogen-bond acceptors (Lipinski definition) is 2. The van der Waals surface area contributed by atoms with E-state index in [0.29, 0.717) is 0 Å². The number of hydrogen-bond donors (Lipinski definition) is 1. The Morgan fingerprint density at radius 3 is 2.50 bits per heavy atom. The summed E-state index contributed by atoms with van der Waals surface area (Å²) in [7, 11) is 1.98. The molecule has 1 heterocycles. The van der Waals surface area contributed by atoms with E-state index in [9.17, 15) is 0 Å². The summed E-state index contributed by atoms with van der Waals surface area (Å²) in [4.78, 5) is 4.80. The van der Waals surface area contributed by atoms with Gasteiger partial charge in [0.2, 0.25) is 0 Å². The average molecular weight is 242 g/mol. The molecule has 1 aromatic carbocycles. The highest BCUT2D eigenvalue weighted by Gasteiger charge is 2.17. The van der Waals surface area contributed by atoms with Gasteiger partial charge in [0.25, 0.3) is 0 Å². The first-order valence-corrected chi connectivity index (χ1v) is 6.47. The summed E-state index contributed by atoms with van der Waals surface area (Å²) in [6, 6.07) is 8.71. The molecule has 0 aliphatic heterocycles. The van der Waals surface area contributed by atoms with E-state index in [-0.39, 0.29) is 5.41 Å². The quantitative estimate of drug-likeness (QED) is 0.871. The number of nitrogens with zero attached hydrogens (tertiary/aromatic N) is 1. The van der Waals surface area contributed by atoms with Crippen LogP contribution in [0.5, 0.6) is 0 Å². The molecule has 0 radical (unpaired) electrons. The maximum Gasteiger partial charge on any atom is 0.0708 e. The van der Waals surface area contributed by atoms with Gasteiger partial charge in [-0.2, -0.15) is 0 Å². The molecule has 0 amide bonds. The van der Waals surface area contributed by atoms with Crippen LogP contribution in [0, 0.1) is 6.92 Å². The standard InChI is InChI=1S/C16H22N2/c1-11-6-7-14-13(8-11)12(10-17-5)9-15(18-14)16(2,3)4/h6-9,17H,10H2,1-5H3. The van der Waals surface area contributed by atoms with Crippen LogP contribution in [0.4, 0.5) is 0 Å². The van der Waals surface area contributed by atoms with Gasteiger partial charge in [0, 0.05) is 23.0 Å². The first-order chi connectivity index (χ1) is 8.41. The Hall–Kier alpha value is -1.41. The van der Waals surface area contributed by atoms with E-state index in [0.717, 1.165) is 17.8 Å². The van der Waals surface area contributed by atoms with Gasteiger partial charge in [-0.3, -0.25) is 4.98 Å². The molecule has 0 spiro atoms. The summed E-state index contributed by atoms with van der Waals surface area (Å²) in [5, 5.41) is 4.51. The number of aryl methyl sites for hydroxylation is 1. The van der Waals surface area contributed by atoms with Crippen LogP contribution in [0.1, 0.15) is 37.6 Å². The summed E-state index contributed by atoms with van der Waals surface area (Å²) in [6.45, 7) is 9.63. The van der Waals surface area contributed by atoms with Crippen molar-refractivity contribution < 1.29 is 0 Å². The van der Waals surface area contributed by atoms with Crippen molar-refractivity contribution in [3.8, 4) is 0 Å². The number of fused-ring (bicyclic) bond motifs is 1. The smallest absolute Gasteiger partial charge is 0.0708 e. The number of nitrogens with one attached hydrogen (secondary N) is 1. The molecule has 1 N–H and O–H groups in total. The Balaban J connectivity index is 2.70. The van der Waals surface area contributed by atoms with Crippen LogP contribution in [-0.2, 0) is 12.0 Å². The summed E-state index contributed by atoms with van der Waals surface area (Å²) >= 11 is 0. The lowest BCUT2D eigenvalue weighted by atomic mass is 9.89. The first kappa shape index (κ1) is 13.0. The molecule has 0 fully saturated rings. The summed E-state index contributed by atoms with van der Waals surface area (Å²) < 4.78 is 0. The number of benzene rings is 1. The largest absolute Gasteiger partial charge is 0.316 e. The van der Waals surface area contributed by atoms with Gasteiger partial charge in [-0.1, -0.05) is 32.4 Å². The number of aromatic nitrogens is 1. The zero-order valence-corrected chi connectivity index (χ0v) is 12.0. The lowest BCUT2D eigenvalue weighted by Crippen LogP contribution is -2.15. The Labute approximate surface area is 109 Å². The third kappa shape index (κ3) is 2.54. The van der Waals surface area contributed by atoms with E-state index in [1.54, 1.807) is 0 Å². The van der Waals surface area contributed by atoms with Crippen LogP contribution in [0.15, 0.2) is 24.3 Å². The van der Waals surface area contributed by atoms with Crippen LogP contribution in [0.3, 0.4) is 0 Å². The molecule has 2 aromatic rings. The van der Waals surface area contributed by atoms with E-state index < -0.39 is 0 Å². The zero-order chi connectivity index (χ0) is 13.3. The van der Waals surface area contributed by atoms with Gasteiger partial charge in [0.05, 0.1) is 5.52 Å². The monoisotopic (exact) mass is 242 g/mol. The molecule has 0 aliphatic rings. The minimum Gasteiger partial charge on any atom is -0.316 e. The molecule has 0 bridgehead atoms. The van der Waals surface area contributed by atoms with Gasteiger partial charge in [-0.25, -0.2) is 0 Å². The topological polar surface area (TPSA) is 24.9 Å². The van der Waals surface area contributed by atoms with E-state index in [1.165, 1.54) is 16.5 Å². The van der Waals surface area contributed by atoms with Gasteiger partial charge < -0.3 is 5.32 Å². The molecule has 0 aliphatic carbocycles. The van der Waals surface area contributed by atoms with Gasteiger partial charge in [-0.15, -0.1) is 0 Å². The normalized spacial score (nSPS) is 12.1. The molecule has 96 valence electrons. The van der Waals surface area contributed by atoms with Crippen molar-refractivity contribution in [1.82, 2.24) is 10.3 Å². The Bertz CT molecular complexity index is 565. The molecular weight excluding hydrogens is 220 g/mol. The minimum atomic E-state index is 0.0849. The van der Waals surface area contributed by atoms with Crippen LogP contribution in [0.25, 0.3) is 10.9 Å². The minimum absolute atomic E-state index is 0.0849. The van der Waals surface area contributed by atoms with Gasteiger partial charge >= 0.3 is 0 Å².